The van der Waals surface area contributed by atoms with Crippen molar-refractivity contribution in [2.45, 2.75) is 11.8 Å². The zero-order valence-electron chi connectivity index (χ0n) is 6.53. The maximum absolute atomic E-state index is 10.00. The van der Waals surface area contributed by atoms with Crippen LogP contribution in [0.2, 0.25) is 0 Å². The summed E-state index contributed by atoms with van der Waals surface area (Å²) < 4.78 is 2.10. The van der Waals surface area contributed by atoms with Crippen LogP contribution in [-0.4, -0.2) is 6.09 Å². The molecule has 1 N–H and O–H groups in total. The highest BCUT2D eigenvalue weighted by Crippen LogP contribution is 2.14. The van der Waals surface area contributed by atoms with E-state index in [0.29, 0.717) is 0 Å². The second kappa shape index (κ2) is 4.01. The maximum atomic E-state index is 10.00. The van der Waals surface area contributed by atoms with Gasteiger partial charge in [-0.1, -0.05) is 17.7 Å². The Labute approximate surface area is 74.9 Å². The minimum atomic E-state index is -1.28. The molecule has 1 aromatic carbocycles. The standard InChI is InChI=1S/C8H9NO2S/c1-6-2-4-7(5-3-6)12-9-8(10)11/h2-5,9H,1H3,(H,10,11)/p-1. The van der Waals surface area contributed by atoms with E-state index in [9.17, 15) is 9.90 Å². The molecular formula is C8H8NO2S-. The predicted octanol–water partition coefficient (Wildman–Crippen LogP) is 0.935. The number of nitrogens with one attached hydrogen (secondary N) is 1. The first-order chi connectivity index (χ1) is 5.68. The first-order valence-corrected chi connectivity index (χ1v) is 4.20. The van der Waals surface area contributed by atoms with Gasteiger partial charge >= 0.3 is 0 Å². The summed E-state index contributed by atoms with van der Waals surface area (Å²) in [5.74, 6) is 0. The van der Waals surface area contributed by atoms with Crippen LogP contribution in [0.1, 0.15) is 5.56 Å². The molecule has 0 aromatic heterocycles. The summed E-state index contributed by atoms with van der Waals surface area (Å²) in [5.41, 5.74) is 1.15. The molecule has 0 atom stereocenters. The van der Waals surface area contributed by atoms with E-state index in [2.05, 4.69) is 4.72 Å². The normalized spacial score (nSPS) is 9.42. The fraction of sp³-hybridized carbons (Fsp3) is 0.125. The first kappa shape index (κ1) is 8.93. The average molecular weight is 182 g/mol. The number of amides is 1. The summed E-state index contributed by atoms with van der Waals surface area (Å²) in [6.45, 7) is 1.97. The Morgan fingerprint density at radius 2 is 2.00 bits per heavy atom. The molecule has 0 radical (unpaired) electrons. The molecule has 0 unspecified atom stereocenters. The van der Waals surface area contributed by atoms with Crippen LogP contribution in [0.25, 0.3) is 0 Å². The molecule has 1 aromatic rings. The van der Waals surface area contributed by atoms with Crippen LogP contribution >= 0.6 is 11.9 Å². The summed E-state index contributed by atoms with van der Waals surface area (Å²) in [4.78, 5) is 10.8. The van der Waals surface area contributed by atoms with Gasteiger partial charge in [0.1, 0.15) is 6.09 Å². The molecule has 0 aliphatic carbocycles. The summed E-state index contributed by atoms with van der Waals surface area (Å²) in [5, 5.41) is 10.00. The molecule has 0 fully saturated rings. The van der Waals surface area contributed by atoms with Gasteiger partial charge in [-0.2, -0.15) is 0 Å². The van der Waals surface area contributed by atoms with E-state index < -0.39 is 6.09 Å². The average Bonchev–Trinajstić information content (AvgIpc) is 2.03. The minimum absolute atomic E-state index is 0.852. The number of carbonyl (C=O) groups is 1. The summed E-state index contributed by atoms with van der Waals surface area (Å²) in [6.07, 6.45) is -1.28. The molecule has 0 aliphatic heterocycles. The van der Waals surface area contributed by atoms with Gasteiger partial charge in [0.2, 0.25) is 0 Å². The van der Waals surface area contributed by atoms with Gasteiger partial charge in [-0.25, -0.2) is 0 Å². The highest BCUT2D eigenvalue weighted by Gasteiger charge is 1.91. The molecule has 0 spiro atoms. The fourth-order valence-corrected chi connectivity index (χ4v) is 1.18. The Morgan fingerprint density at radius 3 is 2.50 bits per heavy atom. The van der Waals surface area contributed by atoms with Crippen molar-refractivity contribution >= 4 is 18.0 Å². The van der Waals surface area contributed by atoms with Gasteiger partial charge in [0, 0.05) is 4.90 Å². The van der Waals surface area contributed by atoms with Gasteiger partial charge in [0.15, 0.2) is 0 Å². The zero-order chi connectivity index (χ0) is 8.97. The van der Waals surface area contributed by atoms with Gasteiger partial charge in [0.05, 0.1) is 0 Å². The minimum Gasteiger partial charge on any atom is -0.529 e. The smallest absolute Gasteiger partial charge is 0.144 e. The van der Waals surface area contributed by atoms with Gasteiger partial charge in [-0.05, 0) is 31.0 Å². The van der Waals surface area contributed by atoms with E-state index in [1.54, 1.807) is 0 Å². The number of carbonyl (C=O) groups excluding carboxylic acids is 1. The Balaban J connectivity index is 2.53. The SMILES string of the molecule is Cc1ccc(SNC(=O)[O-])cc1. The van der Waals surface area contributed by atoms with Crippen LogP contribution in [0.5, 0.6) is 0 Å². The van der Waals surface area contributed by atoms with E-state index in [0.717, 1.165) is 22.4 Å². The molecule has 4 heteroatoms. The summed E-state index contributed by atoms with van der Waals surface area (Å²) in [6, 6.07) is 7.52. The predicted molar refractivity (Wildman–Crippen MR) is 45.6 cm³/mol. The van der Waals surface area contributed by atoms with Crippen molar-refractivity contribution in [1.29, 1.82) is 0 Å². The molecule has 0 aliphatic rings. The Hall–Kier alpha value is -1.16. The van der Waals surface area contributed by atoms with Crippen LogP contribution in [0, 0.1) is 6.92 Å². The number of hydrogen-bond donors (Lipinski definition) is 1. The maximum Gasteiger partial charge on any atom is 0.144 e. The topological polar surface area (TPSA) is 52.2 Å². The Morgan fingerprint density at radius 1 is 1.42 bits per heavy atom. The molecule has 0 saturated heterocycles. The molecule has 1 rings (SSSR count). The zero-order valence-corrected chi connectivity index (χ0v) is 7.35. The molecule has 1 amide bonds. The second-order valence-corrected chi connectivity index (χ2v) is 3.18. The van der Waals surface area contributed by atoms with Gasteiger partial charge in [0.25, 0.3) is 0 Å². The van der Waals surface area contributed by atoms with Crippen molar-refractivity contribution in [3.63, 3.8) is 0 Å². The van der Waals surface area contributed by atoms with Crippen LogP contribution in [-0.2, 0) is 0 Å². The number of benzene rings is 1. The van der Waals surface area contributed by atoms with E-state index in [1.165, 1.54) is 0 Å². The Kier molecular flexibility index (Phi) is 2.99. The van der Waals surface area contributed by atoms with Crippen molar-refractivity contribution in [2.75, 3.05) is 0 Å². The second-order valence-electron chi connectivity index (χ2n) is 2.30. The van der Waals surface area contributed by atoms with E-state index in [-0.39, 0.29) is 0 Å². The third-order valence-corrected chi connectivity index (χ3v) is 2.05. The molecule has 0 bridgehead atoms. The molecular weight excluding hydrogens is 174 g/mol. The number of rotatable bonds is 2. The number of hydrogen-bond acceptors (Lipinski definition) is 3. The molecule has 0 saturated carbocycles. The van der Waals surface area contributed by atoms with Gasteiger partial charge in [-0.15, -0.1) is 0 Å². The van der Waals surface area contributed by atoms with E-state index in [4.69, 9.17) is 0 Å². The Bertz CT molecular complexity index is 271. The number of aryl methyl sites for hydroxylation is 1. The van der Waals surface area contributed by atoms with Crippen molar-refractivity contribution in [2.24, 2.45) is 0 Å². The van der Waals surface area contributed by atoms with Crippen LogP contribution in [0.3, 0.4) is 0 Å². The molecule has 0 heterocycles. The third-order valence-electron chi connectivity index (χ3n) is 1.27. The van der Waals surface area contributed by atoms with E-state index in [1.807, 2.05) is 31.2 Å². The fourth-order valence-electron chi connectivity index (χ4n) is 0.707. The van der Waals surface area contributed by atoms with Gasteiger partial charge in [-0.3, -0.25) is 0 Å². The van der Waals surface area contributed by atoms with Gasteiger partial charge < -0.3 is 14.6 Å². The molecule has 12 heavy (non-hydrogen) atoms. The van der Waals surface area contributed by atoms with Crippen molar-refractivity contribution in [1.82, 2.24) is 4.72 Å². The molecule has 3 nitrogen and oxygen atoms in total. The highest BCUT2D eigenvalue weighted by molar-refractivity contribution is 7.98. The van der Waals surface area contributed by atoms with Crippen molar-refractivity contribution < 1.29 is 9.90 Å². The van der Waals surface area contributed by atoms with Crippen LogP contribution < -0.4 is 9.83 Å². The quantitative estimate of drug-likeness (QED) is 0.692. The monoisotopic (exact) mass is 182 g/mol. The van der Waals surface area contributed by atoms with Crippen LogP contribution in [0.4, 0.5) is 4.79 Å². The number of carboxylic acid groups (broad SMARTS) is 1. The lowest BCUT2D eigenvalue weighted by Gasteiger charge is -2.04. The van der Waals surface area contributed by atoms with Crippen molar-refractivity contribution in [3.05, 3.63) is 29.8 Å². The lowest BCUT2D eigenvalue weighted by Crippen LogP contribution is -2.31. The van der Waals surface area contributed by atoms with Crippen LogP contribution in [0.15, 0.2) is 29.2 Å². The highest BCUT2D eigenvalue weighted by atomic mass is 32.2. The summed E-state index contributed by atoms with van der Waals surface area (Å²) in [7, 11) is 0. The lowest BCUT2D eigenvalue weighted by atomic mass is 10.2. The van der Waals surface area contributed by atoms with Crippen molar-refractivity contribution in [3.8, 4) is 0 Å². The summed E-state index contributed by atoms with van der Waals surface area (Å²) >= 11 is 1.03. The first-order valence-electron chi connectivity index (χ1n) is 3.39. The molecule has 64 valence electrons. The van der Waals surface area contributed by atoms with E-state index >= 15 is 0 Å². The third kappa shape index (κ3) is 2.84. The lowest BCUT2D eigenvalue weighted by molar-refractivity contribution is -0.247. The largest absolute Gasteiger partial charge is 0.529 e.